The summed E-state index contributed by atoms with van der Waals surface area (Å²) in [5, 5.41) is 7.92. The van der Waals surface area contributed by atoms with Crippen LogP contribution in [-0.2, 0) is 4.79 Å². The zero-order chi connectivity index (χ0) is 7.28. The van der Waals surface area contributed by atoms with Gasteiger partial charge in [0.15, 0.2) is 0 Å². The van der Waals surface area contributed by atoms with Crippen LogP contribution in [0.3, 0.4) is 0 Å². The average Bonchev–Trinajstić information content (AvgIpc) is 1.83. The molecule has 0 unspecified atom stereocenters. The molecule has 0 saturated carbocycles. The van der Waals surface area contributed by atoms with Gasteiger partial charge in [0, 0.05) is 0 Å². The van der Waals surface area contributed by atoms with Gasteiger partial charge in [0.1, 0.15) is 6.21 Å². The highest BCUT2D eigenvalue weighted by molar-refractivity contribution is 7.80. The fourth-order valence-electron chi connectivity index (χ4n) is 0.151. The molecule has 0 heterocycles. The number of hydrazine groups is 1. The van der Waals surface area contributed by atoms with Crippen molar-refractivity contribution in [2.75, 3.05) is 0 Å². The first-order chi connectivity index (χ1) is 4.16. The lowest BCUT2D eigenvalue weighted by molar-refractivity contribution is -0.128. The van der Waals surface area contributed by atoms with E-state index in [1.165, 1.54) is 0 Å². The van der Waals surface area contributed by atoms with E-state index in [0.717, 1.165) is 0 Å². The molecule has 0 rings (SSSR count). The quantitative estimate of drug-likeness (QED) is 0.189. The summed E-state index contributed by atoms with van der Waals surface area (Å²) >= 11 is 4.38. The number of hydrogen-bond donors (Lipinski definition) is 3. The van der Waals surface area contributed by atoms with E-state index in [1.807, 2.05) is 5.43 Å². The molecule has 50 valence electrons. The first-order valence-electron chi connectivity index (χ1n) is 1.94. The topological polar surface area (TPSA) is 87.7 Å². The molecule has 9 heavy (non-hydrogen) atoms. The van der Waals surface area contributed by atoms with Crippen molar-refractivity contribution in [1.29, 1.82) is 0 Å². The third kappa shape index (κ3) is 4.85. The molecule has 0 aromatic carbocycles. The number of carboxylic acid groups (broad SMARTS) is 1. The van der Waals surface area contributed by atoms with Gasteiger partial charge in [-0.2, -0.15) is 0 Å². The summed E-state index contributed by atoms with van der Waals surface area (Å²) in [7, 11) is 0. The van der Waals surface area contributed by atoms with Gasteiger partial charge in [0.05, 0.1) is 0 Å². The SMILES string of the molecule is NNC(=S)N=CC(=O)O. The van der Waals surface area contributed by atoms with Gasteiger partial charge in [-0.25, -0.2) is 15.6 Å². The number of hydrogen-bond acceptors (Lipinski definition) is 3. The molecule has 0 aliphatic heterocycles. The van der Waals surface area contributed by atoms with Gasteiger partial charge in [-0.3, -0.25) is 5.43 Å². The monoisotopic (exact) mass is 147 g/mol. The van der Waals surface area contributed by atoms with Crippen molar-refractivity contribution in [3.05, 3.63) is 0 Å². The van der Waals surface area contributed by atoms with Gasteiger partial charge in [0.2, 0.25) is 5.11 Å². The molecule has 6 heteroatoms. The lowest BCUT2D eigenvalue weighted by Crippen LogP contribution is -2.27. The number of carboxylic acids is 1. The molecule has 4 N–H and O–H groups in total. The van der Waals surface area contributed by atoms with E-state index in [9.17, 15) is 4.79 Å². The van der Waals surface area contributed by atoms with Crippen molar-refractivity contribution in [3.8, 4) is 0 Å². The van der Waals surface area contributed by atoms with Crippen LogP contribution in [0.1, 0.15) is 0 Å². The standard InChI is InChI=1S/C3H5N3O2S/c4-6-3(9)5-1-2(7)8/h1H,4H2,(H,6,9)(H,7,8). The van der Waals surface area contributed by atoms with E-state index in [2.05, 4.69) is 17.2 Å². The highest BCUT2D eigenvalue weighted by Gasteiger charge is 1.87. The molecule has 0 amide bonds. The molecule has 0 bridgehead atoms. The molecule has 0 saturated heterocycles. The van der Waals surface area contributed by atoms with Crippen LogP contribution >= 0.6 is 12.2 Å². The Kier molecular flexibility index (Phi) is 3.49. The number of thiocarbonyl (C=S) groups is 1. The Balaban J connectivity index is 3.71. The van der Waals surface area contributed by atoms with Gasteiger partial charge in [-0.15, -0.1) is 0 Å². The minimum absolute atomic E-state index is 0.0580. The Morgan fingerprint density at radius 1 is 1.89 bits per heavy atom. The van der Waals surface area contributed by atoms with Crippen LogP contribution in [0.15, 0.2) is 4.99 Å². The number of nitrogens with two attached hydrogens (primary N) is 1. The van der Waals surface area contributed by atoms with E-state index in [4.69, 9.17) is 10.9 Å². The molecule has 0 aliphatic rings. The van der Waals surface area contributed by atoms with E-state index < -0.39 is 5.97 Å². The van der Waals surface area contributed by atoms with Crippen molar-refractivity contribution < 1.29 is 9.90 Å². The summed E-state index contributed by atoms with van der Waals surface area (Å²) in [6, 6.07) is 0. The second-order valence-corrected chi connectivity index (χ2v) is 1.43. The summed E-state index contributed by atoms with van der Waals surface area (Å²) < 4.78 is 0. The van der Waals surface area contributed by atoms with Gasteiger partial charge >= 0.3 is 5.97 Å². The van der Waals surface area contributed by atoms with Crippen LogP contribution in [0.25, 0.3) is 0 Å². The maximum absolute atomic E-state index is 9.74. The van der Waals surface area contributed by atoms with Crippen molar-refractivity contribution >= 4 is 29.5 Å². The molecule has 0 fully saturated rings. The van der Waals surface area contributed by atoms with Crippen molar-refractivity contribution in [3.63, 3.8) is 0 Å². The van der Waals surface area contributed by atoms with Crippen molar-refractivity contribution in [1.82, 2.24) is 5.43 Å². The first-order valence-corrected chi connectivity index (χ1v) is 2.35. The zero-order valence-corrected chi connectivity index (χ0v) is 5.18. The molecular formula is C3H5N3O2S. The Morgan fingerprint density at radius 2 is 2.44 bits per heavy atom. The summed E-state index contributed by atoms with van der Waals surface area (Å²) in [4.78, 5) is 13.0. The highest BCUT2D eigenvalue weighted by atomic mass is 32.1. The first kappa shape index (κ1) is 7.99. The summed E-state index contributed by atoms with van der Waals surface area (Å²) in [5.41, 5.74) is 1.99. The molecule has 0 atom stereocenters. The van der Waals surface area contributed by atoms with Gasteiger partial charge in [-0.05, 0) is 12.2 Å². The van der Waals surface area contributed by atoms with E-state index in [-0.39, 0.29) is 5.11 Å². The molecule has 0 radical (unpaired) electrons. The number of rotatable bonds is 1. The van der Waals surface area contributed by atoms with Crippen LogP contribution in [0.4, 0.5) is 0 Å². The molecule has 5 nitrogen and oxygen atoms in total. The van der Waals surface area contributed by atoms with Gasteiger partial charge < -0.3 is 5.11 Å². The minimum atomic E-state index is -1.16. The number of aliphatic imine (C=N–C) groups is 1. The second-order valence-electron chi connectivity index (χ2n) is 1.05. The third-order valence-corrected chi connectivity index (χ3v) is 0.639. The Morgan fingerprint density at radius 3 is 2.78 bits per heavy atom. The van der Waals surface area contributed by atoms with Crippen LogP contribution in [-0.4, -0.2) is 22.4 Å². The summed E-state index contributed by atoms with van der Waals surface area (Å²) in [6.07, 6.45) is 0.655. The molecule has 0 spiro atoms. The van der Waals surface area contributed by atoms with Crippen LogP contribution in [0, 0.1) is 0 Å². The molecule has 0 aromatic rings. The molecule has 0 aliphatic carbocycles. The lowest BCUT2D eigenvalue weighted by atomic mass is 10.8. The number of carbonyl (C=O) groups is 1. The summed E-state index contributed by atoms with van der Waals surface area (Å²) in [5.74, 6) is 3.60. The average molecular weight is 147 g/mol. The maximum Gasteiger partial charge on any atom is 0.347 e. The molecule has 0 aromatic heterocycles. The second kappa shape index (κ2) is 3.93. The normalized spacial score (nSPS) is 9.44. The Bertz CT molecular complexity index is 155. The highest BCUT2D eigenvalue weighted by Crippen LogP contribution is 1.68. The summed E-state index contributed by atoms with van der Waals surface area (Å²) in [6.45, 7) is 0. The molecular weight excluding hydrogens is 142 g/mol. The number of nitrogens with one attached hydrogen (secondary N) is 1. The lowest BCUT2D eigenvalue weighted by Gasteiger charge is -1.89. The van der Waals surface area contributed by atoms with E-state index in [0.29, 0.717) is 6.21 Å². The van der Waals surface area contributed by atoms with Crippen molar-refractivity contribution in [2.24, 2.45) is 10.8 Å². The number of aliphatic carboxylic acids is 1. The van der Waals surface area contributed by atoms with Gasteiger partial charge in [0.25, 0.3) is 0 Å². The minimum Gasteiger partial charge on any atom is -0.477 e. The zero-order valence-electron chi connectivity index (χ0n) is 4.37. The van der Waals surface area contributed by atoms with Crippen LogP contribution in [0.5, 0.6) is 0 Å². The predicted octanol–water partition coefficient (Wildman–Crippen LogP) is -1.11. The smallest absolute Gasteiger partial charge is 0.347 e. The van der Waals surface area contributed by atoms with Crippen LogP contribution in [0.2, 0.25) is 0 Å². The largest absolute Gasteiger partial charge is 0.477 e. The van der Waals surface area contributed by atoms with E-state index in [1.54, 1.807) is 0 Å². The fourth-order valence-corrected chi connectivity index (χ4v) is 0.204. The maximum atomic E-state index is 9.74. The van der Waals surface area contributed by atoms with Crippen molar-refractivity contribution in [2.45, 2.75) is 0 Å². The third-order valence-electron chi connectivity index (χ3n) is 0.416. The predicted molar refractivity (Wildman–Crippen MR) is 36.0 cm³/mol. The van der Waals surface area contributed by atoms with Gasteiger partial charge in [-0.1, -0.05) is 0 Å². The Labute approximate surface area is 56.5 Å². The number of nitrogens with zero attached hydrogens (tertiary/aromatic N) is 1. The Hall–Kier alpha value is -1.01. The van der Waals surface area contributed by atoms with E-state index >= 15 is 0 Å². The fraction of sp³-hybridized carbons (Fsp3) is 0. The van der Waals surface area contributed by atoms with Crippen LogP contribution < -0.4 is 11.3 Å².